The van der Waals surface area contributed by atoms with Crippen molar-refractivity contribution in [3.05, 3.63) is 30.3 Å². The zero-order valence-corrected chi connectivity index (χ0v) is 10.1. The topological polar surface area (TPSA) is 38.3 Å². The molecule has 112 valence electrons. The number of rotatable bonds is 5. The van der Waals surface area contributed by atoms with E-state index in [0.29, 0.717) is 0 Å². The SMILES string of the molecule is O=C(Nc1ccccc1)C(F)(F)OC(F)(F)C(F)(F)Cl. The van der Waals surface area contributed by atoms with Crippen molar-refractivity contribution in [1.82, 2.24) is 0 Å². The van der Waals surface area contributed by atoms with Crippen molar-refractivity contribution in [2.75, 3.05) is 5.32 Å². The largest absolute Gasteiger partial charge is 0.441 e. The van der Waals surface area contributed by atoms with E-state index in [2.05, 4.69) is 16.3 Å². The lowest BCUT2D eigenvalue weighted by Crippen LogP contribution is -2.48. The summed E-state index contributed by atoms with van der Waals surface area (Å²) in [5.74, 6) is -2.34. The molecule has 3 nitrogen and oxygen atoms in total. The van der Waals surface area contributed by atoms with Gasteiger partial charge in [-0.05, 0) is 23.7 Å². The van der Waals surface area contributed by atoms with E-state index < -0.39 is 23.5 Å². The smallest absolute Gasteiger partial charge is 0.319 e. The molecular weight excluding hydrogens is 316 g/mol. The van der Waals surface area contributed by atoms with Crippen LogP contribution in [0.2, 0.25) is 0 Å². The zero-order chi connectivity index (χ0) is 15.6. The number of benzene rings is 1. The van der Waals surface area contributed by atoms with Crippen molar-refractivity contribution < 1.29 is 35.9 Å². The summed E-state index contributed by atoms with van der Waals surface area (Å²) in [6.45, 7) is 0. The van der Waals surface area contributed by atoms with Gasteiger partial charge in [0.25, 0.3) is 0 Å². The summed E-state index contributed by atoms with van der Waals surface area (Å²) in [4.78, 5) is 11.0. The number of amides is 1. The van der Waals surface area contributed by atoms with Crippen molar-refractivity contribution in [1.29, 1.82) is 0 Å². The third-order valence-corrected chi connectivity index (χ3v) is 2.10. The highest BCUT2D eigenvalue weighted by atomic mass is 35.5. The van der Waals surface area contributed by atoms with Crippen molar-refractivity contribution >= 4 is 23.2 Å². The number of para-hydroxylation sites is 1. The minimum atomic E-state index is -5.73. The molecule has 10 heteroatoms. The number of hydrogen-bond donors (Lipinski definition) is 1. The Bertz CT molecular complexity index is 476. The van der Waals surface area contributed by atoms with Gasteiger partial charge < -0.3 is 5.32 Å². The van der Waals surface area contributed by atoms with Crippen LogP contribution in [0.3, 0.4) is 0 Å². The van der Waals surface area contributed by atoms with Gasteiger partial charge in [-0.15, -0.1) is 0 Å². The summed E-state index contributed by atoms with van der Waals surface area (Å²) in [6, 6.07) is 6.54. The fourth-order valence-electron chi connectivity index (χ4n) is 0.991. The molecule has 1 aromatic rings. The molecule has 0 heterocycles. The first kappa shape index (κ1) is 16.6. The van der Waals surface area contributed by atoms with E-state index in [1.165, 1.54) is 35.6 Å². The fraction of sp³-hybridized carbons (Fsp3) is 0.300. The minimum Gasteiger partial charge on any atom is -0.319 e. The van der Waals surface area contributed by atoms with Gasteiger partial charge in [-0.3, -0.25) is 4.79 Å². The molecule has 0 aliphatic rings. The first-order valence-electron chi connectivity index (χ1n) is 4.85. The van der Waals surface area contributed by atoms with E-state index in [9.17, 15) is 31.1 Å². The molecule has 0 aliphatic carbocycles. The summed E-state index contributed by atoms with van der Waals surface area (Å²) in [6.07, 6.45) is -10.9. The third kappa shape index (κ3) is 4.01. The maximum Gasteiger partial charge on any atom is 0.441 e. The molecule has 0 atom stereocenters. The molecule has 0 aromatic heterocycles. The predicted molar refractivity (Wildman–Crippen MR) is 56.9 cm³/mol. The van der Waals surface area contributed by atoms with Gasteiger partial charge >= 0.3 is 23.5 Å². The Hall–Kier alpha value is -1.48. The Morgan fingerprint density at radius 1 is 1.05 bits per heavy atom. The number of halogens is 7. The summed E-state index contributed by atoms with van der Waals surface area (Å²) in [5.41, 5.74) is -0.165. The van der Waals surface area contributed by atoms with Gasteiger partial charge in [-0.2, -0.15) is 26.3 Å². The molecule has 0 unspecified atom stereocenters. The Morgan fingerprint density at radius 3 is 2.00 bits per heavy atom. The highest BCUT2D eigenvalue weighted by molar-refractivity contribution is 6.22. The number of alkyl halides is 7. The number of carbonyl (C=O) groups is 1. The number of nitrogens with one attached hydrogen (secondary N) is 1. The second-order valence-electron chi connectivity index (χ2n) is 3.45. The molecule has 0 bridgehead atoms. The maximum atomic E-state index is 13.0. The molecular formula is C10H6ClF6NO2. The Morgan fingerprint density at radius 2 is 1.55 bits per heavy atom. The monoisotopic (exact) mass is 321 g/mol. The van der Waals surface area contributed by atoms with E-state index >= 15 is 0 Å². The predicted octanol–water partition coefficient (Wildman–Crippen LogP) is 3.66. The summed E-state index contributed by atoms with van der Waals surface area (Å²) in [5, 5.41) is -3.88. The lowest BCUT2D eigenvalue weighted by molar-refractivity contribution is -0.398. The highest BCUT2D eigenvalue weighted by Gasteiger charge is 2.63. The zero-order valence-electron chi connectivity index (χ0n) is 9.35. The molecule has 0 aliphatic heterocycles. The van der Waals surface area contributed by atoms with E-state index in [4.69, 9.17) is 0 Å². The minimum absolute atomic E-state index is 0.165. The van der Waals surface area contributed by atoms with Gasteiger partial charge in [-0.1, -0.05) is 18.2 Å². The molecule has 1 amide bonds. The molecule has 0 saturated carbocycles. The number of carbonyl (C=O) groups excluding carboxylic acids is 1. The second kappa shape index (κ2) is 5.49. The van der Waals surface area contributed by atoms with E-state index in [-0.39, 0.29) is 5.69 Å². The molecule has 1 aromatic carbocycles. The molecule has 0 fully saturated rings. The van der Waals surface area contributed by atoms with Crippen molar-refractivity contribution in [3.63, 3.8) is 0 Å². The third-order valence-electron chi connectivity index (χ3n) is 1.88. The average Bonchev–Trinajstić information content (AvgIpc) is 2.27. The quantitative estimate of drug-likeness (QED) is 0.664. The van der Waals surface area contributed by atoms with Crippen LogP contribution >= 0.6 is 11.6 Å². The van der Waals surface area contributed by atoms with Crippen molar-refractivity contribution in [3.8, 4) is 0 Å². The van der Waals surface area contributed by atoms with Crippen LogP contribution in [0.1, 0.15) is 0 Å². The van der Waals surface area contributed by atoms with E-state index in [1.807, 2.05) is 0 Å². The van der Waals surface area contributed by atoms with Crippen LogP contribution in [0.15, 0.2) is 30.3 Å². The Labute approximate surface area is 113 Å². The van der Waals surface area contributed by atoms with E-state index in [1.54, 1.807) is 0 Å². The van der Waals surface area contributed by atoms with Gasteiger partial charge in [0.05, 0.1) is 0 Å². The van der Waals surface area contributed by atoms with Crippen LogP contribution in [-0.2, 0) is 9.53 Å². The summed E-state index contributed by atoms with van der Waals surface area (Å²) >= 11 is 3.92. The van der Waals surface area contributed by atoms with Gasteiger partial charge in [0, 0.05) is 5.69 Å². The first-order chi connectivity index (χ1) is 8.96. The van der Waals surface area contributed by atoms with Crippen LogP contribution < -0.4 is 5.32 Å². The van der Waals surface area contributed by atoms with Crippen LogP contribution in [0, 0.1) is 0 Å². The molecule has 1 N–H and O–H groups in total. The molecule has 0 saturated heterocycles. The van der Waals surface area contributed by atoms with Crippen molar-refractivity contribution in [2.45, 2.75) is 17.6 Å². The van der Waals surface area contributed by atoms with Gasteiger partial charge in [0.15, 0.2) is 0 Å². The lowest BCUT2D eigenvalue weighted by atomic mass is 10.3. The Kier molecular flexibility index (Phi) is 4.55. The van der Waals surface area contributed by atoms with Gasteiger partial charge in [0.1, 0.15) is 0 Å². The number of ether oxygens (including phenoxy) is 1. The first-order valence-corrected chi connectivity index (χ1v) is 5.22. The fourth-order valence-corrected chi connectivity index (χ4v) is 1.03. The second-order valence-corrected chi connectivity index (χ2v) is 3.93. The number of hydrogen-bond acceptors (Lipinski definition) is 2. The highest BCUT2D eigenvalue weighted by Crippen LogP contribution is 2.42. The molecule has 0 spiro atoms. The van der Waals surface area contributed by atoms with Gasteiger partial charge in [0.2, 0.25) is 0 Å². The number of anilines is 1. The van der Waals surface area contributed by atoms with Crippen LogP contribution in [0.25, 0.3) is 0 Å². The molecule has 20 heavy (non-hydrogen) atoms. The molecule has 1 rings (SSSR count). The van der Waals surface area contributed by atoms with Crippen LogP contribution in [0.5, 0.6) is 0 Å². The normalized spacial score (nSPS) is 13.2. The maximum absolute atomic E-state index is 13.0. The summed E-state index contributed by atoms with van der Waals surface area (Å²) in [7, 11) is 0. The average molecular weight is 322 g/mol. The standard InChI is InChI=1S/C10H6ClF6NO2/c11-9(14,15)10(16,17)20-8(12,13)7(19)18-6-4-2-1-3-5-6/h1-5H,(H,18,19). The van der Waals surface area contributed by atoms with E-state index in [0.717, 1.165) is 0 Å². The Balaban J connectivity index is 2.81. The van der Waals surface area contributed by atoms with Crippen LogP contribution in [0.4, 0.5) is 32.0 Å². The van der Waals surface area contributed by atoms with Crippen molar-refractivity contribution in [2.24, 2.45) is 0 Å². The summed E-state index contributed by atoms with van der Waals surface area (Å²) < 4.78 is 78.0. The van der Waals surface area contributed by atoms with Crippen LogP contribution in [-0.4, -0.2) is 23.5 Å². The lowest BCUT2D eigenvalue weighted by Gasteiger charge is -2.25. The van der Waals surface area contributed by atoms with Gasteiger partial charge in [-0.25, -0.2) is 4.74 Å². The molecule has 0 radical (unpaired) electrons.